The summed E-state index contributed by atoms with van der Waals surface area (Å²) in [5, 5.41) is 9.88. The second kappa shape index (κ2) is 10.3. The monoisotopic (exact) mass is 495 g/mol. The van der Waals surface area contributed by atoms with E-state index in [0.717, 1.165) is 48.3 Å². The maximum atomic E-state index is 13.1. The molecule has 4 aromatic rings. The molecule has 1 fully saturated rings. The summed E-state index contributed by atoms with van der Waals surface area (Å²) in [6.07, 6.45) is 3.56. The van der Waals surface area contributed by atoms with E-state index in [0.29, 0.717) is 17.3 Å². The Morgan fingerprint density at radius 3 is 2.38 bits per heavy atom. The molecule has 0 atom stereocenters. The molecule has 1 aliphatic heterocycles. The maximum absolute atomic E-state index is 13.1. The number of fused-ring (bicyclic) bond motifs is 1. The highest BCUT2D eigenvalue weighted by atomic mass is 16.2. The van der Waals surface area contributed by atoms with E-state index in [1.165, 1.54) is 0 Å². The number of rotatable bonds is 6. The molecule has 3 heterocycles. The maximum Gasteiger partial charge on any atom is 0.239 e. The minimum absolute atomic E-state index is 0.384. The Bertz CT molecular complexity index is 1430. The van der Waals surface area contributed by atoms with Crippen molar-refractivity contribution in [3.63, 3.8) is 0 Å². The molecule has 188 valence electrons. The number of amides is 2. The van der Waals surface area contributed by atoms with Crippen LogP contribution in [-0.2, 0) is 9.59 Å². The molecule has 0 aliphatic carbocycles. The quantitative estimate of drug-likeness (QED) is 0.350. The van der Waals surface area contributed by atoms with Gasteiger partial charge in [-0.3, -0.25) is 14.6 Å². The van der Waals surface area contributed by atoms with Crippen LogP contribution in [-0.4, -0.2) is 52.9 Å². The van der Waals surface area contributed by atoms with Gasteiger partial charge in [-0.05, 0) is 56.3 Å². The lowest BCUT2D eigenvalue weighted by Crippen LogP contribution is -2.44. The van der Waals surface area contributed by atoms with E-state index in [-0.39, 0.29) is 5.91 Å². The number of nitrogens with one attached hydrogen (secondary N) is 3. The van der Waals surface area contributed by atoms with Crippen molar-refractivity contribution in [2.24, 2.45) is 5.41 Å². The molecule has 5 rings (SSSR count). The van der Waals surface area contributed by atoms with Gasteiger partial charge >= 0.3 is 0 Å². The van der Waals surface area contributed by atoms with Crippen molar-refractivity contribution in [1.29, 1.82) is 0 Å². The van der Waals surface area contributed by atoms with Crippen molar-refractivity contribution in [2.75, 3.05) is 41.7 Å². The summed E-state index contributed by atoms with van der Waals surface area (Å²) in [7, 11) is 0. The van der Waals surface area contributed by atoms with Gasteiger partial charge in [-0.25, -0.2) is 9.97 Å². The number of pyridine rings is 1. The Labute approximate surface area is 215 Å². The Morgan fingerprint density at radius 2 is 1.62 bits per heavy atom. The van der Waals surface area contributed by atoms with Gasteiger partial charge in [-0.1, -0.05) is 18.2 Å². The number of piperazine rings is 1. The number of carbonyl (C=O) groups excluding carboxylic acids is 2. The summed E-state index contributed by atoms with van der Waals surface area (Å²) in [4.78, 5) is 41.8. The van der Waals surface area contributed by atoms with Crippen molar-refractivity contribution in [3.8, 4) is 11.3 Å². The summed E-state index contributed by atoms with van der Waals surface area (Å²) >= 11 is 0. The molecule has 0 radical (unpaired) electrons. The Hall–Kier alpha value is -4.37. The molecular formula is C28H29N7O2. The average molecular weight is 496 g/mol. The standard InChI is InChI=1S/C28H29N7O2/c1-28(2,25(36)32-21-6-4-3-5-7-21)26(37)33-22-8-9-23-19(17-22)16-20(18-31-23)24-10-11-30-27(34-24)35-14-12-29-13-15-35/h3-11,16-18,29H,12-15H2,1-2H3,(H,32,36)(H,33,37). The van der Waals surface area contributed by atoms with E-state index >= 15 is 0 Å². The van der Waals surface area contributed by atoms with Crippen LogP contribution in [0.25, 0.3) is 22.2 Å². The van der Waals surface area contributed by atoms with Gasteiger partial charge in [0.2, 0.25) is 17.8 Å². The number of hydrogen-bond donors (Lipinski definition) is 3. The topological polar surface area (TPSA) is 112 Å². The van der Waals surface area contributed by atoms with Crippen molar-refractivity contribution < 1.29 is 9.59 Å². The SMILES string of the molecule is CC(C)(C(=O)Nc1ccccc1)C(=O)Nc1ccc2ncc(-c3ccnc(N4CCNCC4)n3)cc2c1. The summed E-state index contributed by atoms with van der Waals surface area (Å²) in [5.74, 6) is -0.0815. The van der Waals surface area contributed by atoms with Gasteiger partial charge in [0.1, 0.15) is 5.41 Å². The second-order valence-electron chi connectivity index (χ2n) is 9.51. The van der Waals surface area contributed by atoms with Gasteiger partial charge < -0.3 is 20.9 Å². The van der Waals surface area contributed by atoms with Crippen LogP contribution in [0.4, 0.5) is 17.3 Å². The lowest BCUT2D eigenvalue weighted by molar-refractivity contribution is -0.135. The fourth-order valence-corrected chi connectivity index (χ4v) is 4.08. The molecule has 0 spiro atoms. The summed E-state index contributed by atoms with van der Waals surface area (Å²) < 4.78 is 0. The van der Waals surface area contributed by atoms with Gasteiger partial charge in [0.05, 0.1) is 11.2 Å². The van der Waals surface area contributed by atoms with Crippen molar-refractivity contribution >= 4 is 40.0 Å². The first-order valence-electron chi connectivity index (χ1n) is 12.3. The molecule has 2 amide bonds. The van der Waals surface area contributed by atoms with Crippen LogP contribution in [0.1, 0.15) is 13.8 Å². The van der Waals surface area contributed by atoms with Gasteiger partial charge in [0.15, 0.2) is 0 Å². The van der Waals surface area contributed by atoms with Crippen LogP contribution >= 0.6 is 0 Å². The highest BCUT2D eigenvalue weighted by molar-refractivity contribution is 6.14. The number of benzene rings is 2. The van der Waals surface area contributed by atoms with E-state index < -0.39 is 11.3 Å². The fourth-order valence-electron chi connectivity index (χ4n) is 4.08. The number of hydrogen-bond acceptors (Lipinski definition) is 7. The number of nitrogens with zero attached hydrogens (tertiary/aromatic N) is 4. The second-order valence-corrected chi connectivity index (χ2v) is 9.51. The van der Waals surface area contributed by atoms with E-state index in [9.17, 15) is 9.59 Å². The number of aromatic nitrogens is 3. The predicted molar refractivity (Wildman–Crippen MR) is 145 cm³/mol. The van der Waals surface area contributed by atoms with Gasteiger partial charge in [-0.2, -0.15) is 0 Å². The van der Waals surface area contributed by atoms with Crippen molar-refractivity contribution in [3.05, 3.63) is 73.1 Å². The minimum atomic E-state index is -1.29. The van der Waals surface area contributed by atoms with Gasteiger partial charge in [0.25, 0.3) is 0 Å². The Balaban J connectivity index is 1.34. The van der Waals surface area contributed by atoms with Crippen LogP contribution in [0.2, 0.25) is 0 Å². The fraction of sp³-hybridized carbons (Fsp3) is 0.250. The molecule has 0 bridgehead atoms. The molecular weight excluding hydrogens is 466 g/mol. The third kappa shape index (κ3) is 5.41. The van der Waals surface area contributed by atoms with Crippen LogP contribution in [0, 0.1) is 5.41 Å². The lowest BCUT2D eigenvalue weighted by atomic mass is 9.90. The minimum Gasteiger partial charge on any atom is -0.338 e. The van der Waals surface area contributed by atoms with E-state index in [1.807, 2.05) is 42.5 Å². The molecule has 9 heteroatoms. The summed E-state index contributed by atoms with van der Waals surface area (Å²) in [5.41, 5.74) is 2.37. The molecule has 9 nitrogen and oxygen atoms in total. The number of anilines is 3. The van der Waals surface area contributed by atoms with E-state index in [1.54, 1.807) is 44.4 Å². The number of para-hydroxylation sites is 1. The normalized spacial score (nSPS) is 13.8. The largest absolute Gasteiger partial charge is 0.338 e. The summed E-state index contributed by atoms with van der Waals surface area (Å²) in [6, 6.07) is 18.4. The summed E-state index contributed by atoms with van der Waals surface area (Å²) in [6.45, 7) is 6.75. The zero-order valence-corrected chi connectivity index (χ0v) is 20.9. The number of carbonyl (C=O) groups is 2. The highest BCUT2D eigenvalue weighted by Crippen LogP contribution is 2.26. The molecule has 1 saturated heterocycles. The molecule has 0 unspecified atom stereocenters. The molecule has 2 aromatic heterocycles. The van der Waals surface area contributed by atoms with Crippen molar-refractivity contribution in [2.45, 2.75) is 13.8 Å². The Kier molecular flexibility index (Phi) is 6.78. The third-order valence-electron chi connectivity index (χ3n) is 6.44. The molecule has 37 heavy (non-hydrogen) atoms. The Morgan fingerprint density at radius 1 is 0.892 bits per heavy atom. The first kappa shape index (κ1) is 24.3. The van der Waals surface area contributed by atoms with Crippen LogP contribution < -0.4 is 20.9 Å². The zero-order chi connectivity index (χ0) is 25.8. The third-order valence-corrected chi connectivity index (χ3v) is 6.44. The van der Waals surface area contributed by atoms with Crippen LogP contribution in [0.5, 0.6) is 0 Å². The molecule has 1 aliphatic rings. The highest BCUT2D eigenvalue weighted by Gasteiger charge is 2.36. The van der Waals surface area contributed by atoms with Crippen LogP contribution in [0.15, 0.2) is 73.1 Å². The molecule has 0 saturated carbocycles. The zero-order valence-electron chi connectivity index (χ0n) is 20.9. The first-order valence-corrected chi connectivity index (χ1v) is 12.3. The van der Waals surface area contributed by atoms with Gasteiger partial charge in [0, 0.05) is 60.9 Å². The van der Waals surface area contributed by atoms with Crippen LogP contribution in [0.3, 0.4) is 0 Å². The van der Waals surface area contributed by atoms with Gasteiger partial charge in [-0.15, -0.1) is 0 Å². The lowest BCUT2D eigenvalue weighted by Gasteiger charge is -2.27. The smallest absolute Gasteiger partial charge is 0.239 e. The first-order chi connectivity index (χ1) is 17.9. The molecule has 3 N–H and O–H groups in total. The van der Waals surface area contributed by atoms with E-state index in [2.05, 4.69) is 30.8 Å². The molecule has 2 aromatic carbocycles. The van der Waals surface area contributed by atoms with E-state index in [4.69, 9.17) is 4.98 Å². The predicted octanol–water partition coefficient (Wildman–Crippen LogP) is 3.70. The van der Waals surface area contributed by atoms with Crippen molar-refractivity contribution in [1.82, 2.24) is 20.3 Å². The average Bonchev–Trinajstić information content (AvgIpc) is 2.93.